The van der Waals surface area contributed by atoms with Crippen molar-refractivity contribution in [2.45, 2.75) is 19.8 Å². The van der Waals surface area contributed by atoms with Crippen LogP contribution >= 0.6 is 27.3 Å². The van der Waals surface area contributed by atoms with Crippen LogP contribution in [0.2, 0.25) is 0 Å². The highest BCUT2D eigenvalue weighted by atomic mass is 79.9. The maximum atomic E-state index is 11.9. The second kappa shape index (κ2) is 7.51. The zero-order chi connectivity index (χ0) is 16.1. The molecule has 0 unspecified atom stereocenters. The number of hydrogen-bond acceptors (Lipinski definition) is 4. The maximum absolute atomic E-state index is 11.9. The van der Waals surface area contributed by atoms with Crippen molar-refractivity contribution in [3.05, 3.63) is 45.4 Å². The number of amides is 2. The van der Waals surface area contributed by atoms with Crippen molar-refractivity contribution >= 4 is 44.2 Å². The molecule has 2 amide bonds. The van der Waals surface area contributed by atoms with E-state index in [1.807, 2.05) is 25.3 Å². The molecule has 22 heavy (non-hydrogen) atoms. The molecule has 1 heterocycles. The largest absolute Gasteiger partial charge is 0.343 e. The Morgan fingerprint density at radius 2 is 2.14 bits per heavy atom. The highest BCUT2D eigenvalue weighted by molar-refractivity contribution is 9.10. The van der Waals surface area contributed by atoms with E-state index in [0.29, 0.717) is 16.6 Å². The molecule has 2 rings (SSSR count). The second-order valence-corrected chi connectivity index (χ2v) is 6.75. The van der Waals surface area contributed by atoms with Gasteiger partial charge in [-0.15, -0.1) is 11.3 Å². The van der Waals surface area contributed by atoms with Gasteiger partial charge < -0.3 is 10.6 Å². The summed E-state index contributed by atoms with van der Waals surface area (Å²) in [6.45, 7) is 3.99. The number of rotatable bonds is 5. The van der Waals surface area contributed by atoms with E-state index >= 15 is 0 Å². The first-order chi connectivity index (χ1) is 10.5. The van der Waals surface area contributed by atoms with Crippen LogP contribution in [0.3, 0.4) is 0 Å². The lowest BCUT2D eigenvalue weighted by atomic mass is 10.2. The Labute approximate surface area is 141 Å². The first-order valence-corrected chi connectivity index (χ1v) is 8.42. The summed E-state index contributed by atoms with van der Waals surface area (Å²) < 4.78 is 0.814. The first kappa shape index (κ1) is 16.6. The highest BCUT2D eigenvalue weighted by Gasteiger charge is 2.11. The third-order valence-corrected chi connectivity index (χ3v) is 4.13. The van der Waals surface area contributed by atoms with Gasteiger partial charge in [0.15, 0.2) is 5.13 Å². The Balaban J connectivity index is 1.85. The third kappa shape index (κ3) is 4.64. The van der Waals surface area contributed by atoms with Crippen LogP contribution in [0.5, 0.6) is 0 Å². The molecule has 0 saturated heterocycles. The van der Waals surface area contributed by atoms with Crippen LogP contribution in [-0.2, 0) is 4.79 Å². The number of benzene rings is 1. The van der Waals surface area contributed by atoms with Crippen LogP contribution < -0.4 is 10.6 Å². The van der Waals surface area contributed by atoms with Crippen molar-refractivity contribution in [1.29, 1.82) is 0 Å². The van der Waals surface area contributed by atoms with E-state index in [0.717, 1.165) is 10.2 Å². The van der Waals surface area contributed by atoms with Crippen LogP contribution in [0.15, 0.2) is 34.1 Å². The molecule has 2 aromatic rings. The summed E-state index contributed by atoms with van der Waals surface area (Å²) in [7, 11) is 0. The number of carbonyl (C=O) groups excluding carboxylic acids is 2. The molecule has 0 aliphatic rings. The number of hydrogen-bond donors (Lipinski definition) is 2. The van der Waals surface area contributed by atoms with Crippen LogP contribution in [0.4, 0.5) is 5.13 Å². The van der Waals surface area contributed by atoms with E-state index < -0.39 is 0 Å². The molecule has 0 spiro atoms. The Bertz CT molecular complexity index is 685. The van der Waals surface area contributed by atoms with Gasteiger partial charge >= 0.3 is 0 Å². The Morgan fingerprint density at radius 3 is 2.77 bits per heavy atom. The van der Waals surface area contributed by atoms with Gasteiger partial charge in [-0.3, -0.25) is 9.59 Å². The monoisotopic (exact) mass is 381 g/mol. The molecule has 0 aliphatic heterocycles. The van der Waals surface area contributed by atoms with E-state index in [1.165, 1.54) is 11.3 Å². The van der Waals surface area contributed by atoms with Gasteiger partial charge in [0.2, 0.25) is 5.91 Å². The predicted molar refractivity (Wildman–Crippen MR) is 91.3 cm³/mol. The number of anilines is 1. The average molecular weight is 382 g/mol. The SMILES string of the molecule is CC(C)c1csc(NC(=O)CNC(=O)c2cccc(Br)c2)n1. The van der Waals surface area contributed by atoms with Crippen molar-refractivity contribution in [1.82, 2.24) is 10.3 Å². The van der Waals surface area contributed by atoms with Gasteiger partial charge in [0.1, 0.15) is 0 Å². The molecule has 0 bridgehead atoms. The molecule has 2 N–H and O–H groups in total. The Morgan fingerprint density at radius 1 is 1.36 bits per heavy atom. The molecule has 5 nitrogen and oxygen atoms in total. The minimum atomic E-state index is -0.298. The summed E-state index contributed by atoms with van der Waals surface area (Å²) >= 11 is 4.68. The normalized spacial score (nSPS) is 10.5. The molecule has 1 aromatic carbocycles. The topological polar surface area (TPSA) is 71.1 Å². The maximum Gasteiger partial charge on any atom is 0.251 e. The highest BCUT2D eigenvalue weighted by Crippen LogP contribution is 2.21. The molecule has 0 atom stereocenters. The Hall–Kier alpha value is -1.73. The fourth-order valence-electron chi connectivity index (χ4n) is 1.66. The molecule has 0 fully saturated rings. The second-order valence-electron chi connectivity index (χ2n) is 4.97. The van der Waals surface area contributed by atoms with Gasteiger partial charge in [-0.05, 0) is 24.1 Å². The molecule has 0 radical (unpaired) electrons. The van der Waals surface area contributed by atoms with Gasteiger partial charge in [0.05, 0.1) is 12.2 Å². The predicted octanol–water partition coefficient (Wildman–Crippen LogP) is 3.40. The van der Waals surface area contributed by atoms with Crippen LogP contribution in [0, 0.1) is 0 Å². The summed E-state index contributed by atoms with van der Waals surface area (Å²) in [6.07, 6.45) is 0. The number of nitrogens with one attached hydrogen (secondary N) is 2. The van der Waals surface area contributed by atoms with E-state index in [9.17, 15) is 9.59 Å². The number of aromatic nitrogens is 1. The lowest BCUT2D eigenvalue weighted by Crippen LogP contribution is -2.32. The van der Waals surface area contributed by atoms with Gasteiger partial charge in [-0.2, -0.15) is 0 Å². The number of thiazole rings is 1. The van der Waals surface area contributed by atoms with Gasteiger partial charge in [0.25, 0.3) is 5.91 Å². The average Bonchev–Trinajstić information content (AvgIpc) is 2.93. The lowest BCUT2D eigenvalue weighted by molar-refractivity contribution is -0.115. The van der Waals surface area contributed by atoms with Crippen LogP contribution in [0.25, 0.3) is 0 Å². The van der Waals surface area contributed by atoms with Crippen LogP contribution in [0.1, 0.15) is 35.8 Å². The smallest absolute Gasteiger partial charge is 0.251 e. The zero-order valence-electron chi connectivity index (χ0n) is 12.2. The van der Waals surface area contributed by atoms with E-state index in [4.69, 9.17) is 0 Å². The van der Waals surface area contributed by atoms with E-state index in [2.05, 4.69) is 31.5 Å². The van der Waals surface area contributed by atoms with Gasteiger partial charge in [0, 0.05) is 15.4 Å². The molecule has 0 saturated carbocycles. The fraction of sp³-hybridized carbons (Fsp3) is 0.267. The molecular weight excluding hydrogens is 366 g/mol. The van der Waals surface area contributed by atoms with E-state index in [1.54, 1.807) is 18.2 Å². The summed E-state index contributed by atoms with van der Waals surface area (Å²) in [5.41, 5.74) is 1.44. The molecule has 1 aromatic heterocycles. The zero-order valence-corrected chi connectivity index (χ0v) is 14.6. The number of halogens is 1. The first-order valence-electron chi connectivity index (χ1n) is 6.74. The minimum absolute atomic E-state index is 0.0953. The lowest BCUT2D eigenvalue weighted by Gasteiger charge is -2.05. The standard InChI is InChI=1S/C15H16BrN3O2S/c1-9(2)12-8-22-15(18-12)19-13(20)7-17-14(21)10-4-3-5-11(16)6-10/h3-6,8-9H,7H2,1-2H3,(H,17,21)(H,18,19,20). The van der Waals surface area contributed by atoms with Crippen molar-refractivity contribution < 1.29 is 9.59 Å². The summed E-state index contributed by atoms with van der Waals surface area (Å²) in [5, 5.41) is 7.72. The molecular formula is C15H16BrN3O2S. The summed E-state index contributed by atoms with van der Waals surface area (Å²) in [4.78, 5) is 28.1. The molecule has 7 heteroatoms. The van der Waals surface area contributed by atoms with Crippen molar-refractivity contribution in [3.63, 3.8) is 0 Å². The summed E-state index contributed by atoms with van der Waals surface area (Å²) in [6, 6.07) is 6.98. The van der Waals surface area contributed by atoms with E-state index in [-0.39, 0.29) is 18.4 Å². The fourth-order valence-corrected chi connectivity index (χ4v) is 2.95. The van der Waals surface area contributed by atoms with Gasteiger partial charge in [-0.25, -0.2) is 4.98 Å². The van der Waals surface area contributed by atoms with Crippen molar-refractivity contribution in [2.24, 2.45) is 0 Å². The Kier molecular flexibility index (Phi) is 5.68. The quantitative estimate of drug-likeness (QED) is 0.833. The molecule has 116 valence electrons. The summed E-state index contributed by atoms with van der Waals surface area (Å²) in [5.74, 6) is -0.274. The third-order valence-electron chi connectivity index (χ3n) is 2.86. The molecule has 0 aliphatic carbocycles. The van der Waals surface area contributed by atoms with Gasteiger partial charge in [-0.1, -0.05) is 35.8 Å². The number of nitrogens with zero attached hydrogens (tertiary/aromatic N) is 1. The number of carbonyl (C=O) groups is 2. The van der Waals surface area contributed by atoms with Crippen LogP contribution in [-0.4, -0.2) is 23.3 Å². The minimum Gasteiger partial charge on any atom is -0.343 e. The van der Waals surface area contributed by atoms with Crippen molar-refractivity contribution in [3.8, 4) is 0 Å². The van der Waals surface area contributed by atoms with Crippen molar-refractivity contribution in [2.75, 3.05) is 11.9 Å².